The summed E-state index contributed by atoms with van der Waals surface area (Å²) in [6.45, 7) is 14.1. The quantitative estimate of drug-likeness (QED) is 0.215. The molecule has 232 valence electrons. The van der Waals surface area contributed by atoms with Gasteiger partial charge in [-0.15, -0.1) is 0 Å². The first-order valence-corrected chi connectivity index (χ1v) is 14.4. The molecular formula is C31H49NO9. The highest BCUT2D eigenvalue weighted by Crippen LogP contribution is 2.37. The van der Waals surface area contributed by atoms with E-state index in [1.165, 1.54) is 0 Å². The Morgan fingerprint density at radius 1 is 1.07 bits per heavy atom. The van der Waals surface area contributed by atoms with Crippen molar-refractivity contribution in [2.75, 3.05) is 27.4 Å². The normalized spacial score (nSPS) is 20.2. The summed E-state index contributed by atoms with van der Waals surface area (Å²) in [5.74, 6) is 0.162. The zero-order valence-corrected chi connectivity index (χ0v) is 26.1. The number of nitrogens with zero attached hydrogens (tertiary/aromatic N) is 1. The summed E-state index contributed by atoms with van der Waals surface area (Å²) >= 11 is 0. The number of piperidine rings is 1. The number of carboxylic acid groups (broad SMARTS) is 1. The summed E-state index contributed by atoms with van der Waals surface area (Å²) in [6.07, 6.45) is -1.16. The van der Waals surface area contributed by atoms with Crippen LogP contribution in [0.4, 0.5) is 9.59 Å². The summed E-state index contributed by atoms with van der Waals surface area (Å²) in [5.41, 5.74) is 0.207. The number of methoxy groups -OCH3 is 2. The van der Waals surface area contributed by atoms with Crippen molar-refractivity contribution in [2.24, 2.45) is 23.7 Å². The largest absolute Gasteiger partial charge is 0.509 e. The van der Waals surface area contributed by atoms with E-state index in [0.717, 1.165) is 16.9 Å². The molecule has 41 heavy (non-hydrogen) atoms. The summed E-state index contributed by atoms with van der Waals surface area (Å²) in [4.78, 5) is 39.5. The molecule has 1 aromatic carbocycles. The van der Waals surface area contributed by atoms with Crippen molar-refractivity contribution < 1.29 is 43.2 Å². The number of imide groups is 1. The van der Waals surface area contributed by atoms with Gasteiger partial charge in [-0.25, -0.2) is 14.5 Å². The number of benzene rings is 1. The van der Waals surface area contributed by atoms with Gasteiger partial charge in [-0.3, -0.25) is 4.79 Å². The molecular weight excluding hydrogens is 530 g/mol. The standard InChI is InChI=1S/C31H49NO9/c1-19(2)22(15-21-11-12-25(38-9)27(16-21)39-14-10-13-37-8)17-24-26(40-30(36)41-31(5,6)7)18-23(20(3)4)28(33)32(24)29(34)35/h11-12,16,19-20,22-24,26H,10,13-15,17-18H2,1-9H3,(H,34,35)/t22-,23-,24-,26-/m0/s1. The molecule has 2 rings (SSSR count). The van der Waals surface area contributed by atoms with Crippen molar-refractivity contribution in [1.29, 1.82) is 0 Å². The maximum atomic E-state index is 13.4. The molecule has 0 spiro atoms. The molecule has 1 saturated heterocycles. The second-order valence-corrected chi connectivity index (χ2v) is 12.4. The number of carbonyl (C=O) groups excluding carboxylic acids is 2. The Bertz CT molecular complexity index is 1020. The lowest BCUT2D eigenvalue weighted by molar-refractivity contribution is -0.150. The van der Waals surface area contributed by atoms with Crippen molar-refractivity contribution in [3.8, 4) is 11.5 Å². The van der Waals surface area contributed by atoms with Gasteiger partial charge in [-0.05, 0) is 75.5 Å². The van der Waals surface area contributed by atoms with E-state index in [4.69, 9.17) is 23.7 Å². The first-order chi connectivity index (χ1) is 19.2. The van der Waals surface area contributed by atoms with E-state index in [9.17, 15) is 19.5 Å². The van der Waals surface area contributed by atoms with E-state index in [1.54, 1.807) is 35.0 Å². The molecule has 4 atom stereocenters. The fourth-order valence-electron chi connectivity index (χ4n) is 5.14. The van der Waals surface area contributed by atoms with Gasteiger partial charge >= 0.3 is 12.2 Å². The predicted octanol–water partition coefficient (Wildman–Crippen LogP) is 6.19. The Labute approximate surface area is 244 Å². The molecule has 1 aromatic rings. The van der Waals surface area contributed by atoms with Crippen LogP contribution < -0.4 is 9.47 Å². The number of amides is 2. The number of rotatable bonds is 13. The Kier molecular flexibility index (Phi) is 12.7. The number of carbonyl (C=O) groups is 3. The molecule has 2 amide bonds. The number of hydrogen-bond donors (Lipinski definition) is 1. The molecule has 1 aliphatic heterocycles. The van der Waals surface area contributed by atoms with Gasteiger partial charge in [0.25, 0.3) is 0 Å². The van der Waals surface area contributed by atoms with Gasteiger partial charge in [-0.2, -0.15) is 0 Å². The lowest BCUT2D eigenvalue weighted by Crippen LogP contribution is -2.59. The molecule has 0 aliphatic carbocycles. The third-order valence-electron chi connectivity index (χ3n) is 7.41. The summed E-state index contributed by atoms with van der Waals surface area (Å²) in [5, 5.41) is 10.2. The minimum Gasteiger partial charge on any atom is -0.493 e. The van der Waals surface area contributed by atoms with Gasteiger partial charge in [0, 0.05) is 26.1 Å². The van der Waals surface area contributed by atoms with Crippen LogP contribution in [0.25, 0.3) is 0 Å². The number of hydrogen-bond acceptors (Lipinski definition) is 8. The van der Waals surface area contributed by atoms with E-state index >= 15 is 0 Å². The molecule has 1 fully saturated rings. The maximum absolute atomic E-state index is 13.4. The molecule has 0 unspecified atom stereocenters. The molecule has 0 aromatic heterocycles. The van der Waals surface area contributed by atoms with Crippen LogP contribution in [0.5, 0.6) is 11.5 Å². The van der Waals surface area contributed by atoms with Crippen molar-refractivity contribution in [1.82, 2.24) is 4.90 Å². The zero-order chi connectivity index (χ0) is 30.9. The van der Waals surface area contributed by atoms with E-state index in [-0.39, 0.29) is 24.2 Å². The molecule has 0 bridgehead atoms. The highest BCUT2D eigenvalue weighted by Gasteiger charge is 2.48. The minimum absolute atomic E-state index is 0.0373. The SMILES string of the molecule is COCCCOc1cc(C[C@@H](C[C@H]2[C@@H](OC(=O)OC(C)(C)C)C[C@@H](C(C)C)C(=O)N2C(=O)O)C(C)C)ccc1OC. The van der Waals surface area contributed by atoms with Crippen LogP contribution in [0.3, 0.4) is 0 Å². The fourth-order valence-corrected chi connectivity index (χ4v) is 5.14. The third-order valence-corrected chi connectivity index (χ3v) is 7.41. The van der Waals surface area contributed by atoms with Gasteiger partial charge in [0.1, 0.15) is 11.7 Å². The minimum atomic E-state index is -1.35. The molecule has 1 N–H and O–H groups in total. The van der Waals surface area contributed by atoms with Crippen LogP contribution in [0.1, 0.15) is 73.3 Å². The van der Waals surface area contributed by atoms with Crippen LogP contribution in [-0.4, -0.2) is 73.3 Å². The number of likely N-dealkylation sites (tertiary alicyclic amines) is 1. The van der Waals surface area contributed by atoms with Gasteiger partial charge < -0.3 is 28.8 Å². The second kappa shape index (κ2) is 15.3. The Morgan fingerprint density at radius 3 is 2.29 bits per heavy atom. The lowest BCUT2D eigenvalue weighted by Gasteiger charge is -2.43. The molecule has 0 saturated carbocycles. The van der Waals surface area contributed by atoms with Crippen molar-refractivity contribution in [3.63, 3.8) is 0 Å². The summed E-state index contributed by atoms with van der Waals surface area (Å²) in [6, 6.07) is 4.90. The van der Waals surface area contributed by atoms with E-state index in [0.29, 0.717) is 37.6 Å². The van der Waals surface area contributed by atoms with E-state index in [1.807, 2.05) is 32.0 Å². The van der Waals surface area contributed by atoms with E-state index < -0.39 is 41.8 Å². The molecule has 10 nitrogen and oxygen atoms in total. The Morgan fingerprint density at radius 2 is 1.76 bits per heavy atom. The average Bonchev–Trinajstić information content (AvgIpc) is 2.86. The number of ether oxygens (including phenoxy) is 5. The van der Waals surface area contributed by atoms with Crippen LogP contribution in [0.2, 0.25) is 0 Å². The molecule has 10 heteroatoms. The fraction of sp³-hybridized carbons (Fsp3) is 0.710. The maximum Gasteiger partial charge on any atom is 0.509 e. The first-order valence-electron chi connectivity index (χ1n) is 14.4. The first kappa shape index (κ1) is 34.2. The van der Waals surface area contributed by atoms with Crippen molar-refractivity contribution in [3.05, 3.63) is 23.8 Å². The van der Waals surface area contributed by atoms with Gasteiger partial charge in [0.15, 0.2) is 11.5 Å². The zero-order valence-electron chi connectivity index (χ0n) is 26.1. The highest BCUT2D eigenvalue weighted by molar-refractivity contribution is 5.94. The van der Waals surface area contributed by atoms with Crippen molar-refractivity contribution >= 4 is 18.2 Å². The van der Waals surface area contributed by atoms with Crippen LogP contribution in [-0.2, 0) is 25.4 Å². The topological polar surface area (TPSA) is 121 Å². The van der Waals surface area contributed by atoms with Gasteiger partial charge in [0.05, 0.1) is 19.8 Å². The van der Waals surface area contributed by atoms with Gasteiger partial charge in [-0.1, -0.05) is 33.8 Å². The highest BCUT2D eigenvalue weighted by atomic mass is 16.7. The van der Waals surface area contributed by atoms with Crippen LogP contribution in [0, 0.1) is 23.7 Å². The van der Waals surface area contributed by atoms with Crippen LogP contribution in [0.15, 0.2) is 18.2 Å². The predicted molar refractivity (Wildman–Crippen MR) is 154 cm³/mol. The van der Waals surface area contributed by atoms with Gasteiger partial charge in [0.2, 0.25) is 5.91 Å². The lowest BCUT2D eigenvalue weighted by atomic mass is 9.77. The second-order valence-electron chi connectivity index (χ2n) is 12.4. The Hall–Kier alpha value is -3.01. The monoisotopic (exact) mass is 579 g/mol. The van der Waals surface area contributed by atoms with E-state index in [2.05, 4.69) is 13.8 Å². The molecule has 1 aliphatic rings. The molecule has 1 heterocycles. The third kappa shape index (κ3) is 10.1. The Balaban J connectivity index is 2.38. The van der Waals surface area contributed by atoms with Crippen molar-refractivity contribution in [2.45, 2.75) is 91.9 Å². The summed E-state index contributed by atoms with van der Waals surface area (Å²) < 4.78 is 27.7. The molecule has 0 radical (unpaired) electrons. The summed E-state index contributed by atoms with van der Waals surface area (Å²) in [7, 11) is 3.23. The average molecular weight is 580 g/mol. The smallest absolute Gasteiger partial charge is 0.493 e. The van der Waals surface area contributed by atoms with Crippen LogP contribution >= 0.6 is 0 Å².